The van der Waals surface area contributed by atoms with Gasteiger partial charge in [-0.1, -0.05) is 42.0 Å². The molecule has 0 aliphatic rings. The fourth-order valence-electron chi connectivity index (χ4n) is 3.73. The van der Waals surface area contributed by atoms with Crippen molar-refractivity contribution in [3.05, 3.63) is 88.2 Å². The fourth-order valence-corrected chi connectivity index (χ4v) is 6.51. The van der Waals surface area contributed by atoms with Gasteiger partial charge in [0.2, 0.25) is 0 Å². The summed E-state index contributed by atoms with van der Waals surface area (Å²) >= 11 is 1.30. The van der Waals surface area contributed by atoms with Crippen molar-refractivity contribution in [2.45, 2.75) is 23.5 Å². The van der Waals surface area contributed by atoms with Gasteiger partial charge in [-0.05, 0) is 48.6 Å². The zero-order valence-corrected chi connectivity index (χ0v) is 20.2. The van der Waals surface area contributed by atoms with E-state index in [1.807, 2.05) is 37.4 Å². The van der Waals surface area contributed by atoms with E-state index in [1.54, 1.807) is 41.8 Å². The Morgan fingerprint density at radius 1 is 0.971 bits per heavy atom. The minimum absolute atomic E-state index is 0.175. The quantitative estimate of drug-likeness (QED) is 0.325. The topological polar surface area (TPSA) is 108 Å². The van der Waals surface area contributed by atoms with Gasteiger partial charge in [0, 0.05) is 35.1 Å². The molecule has 2 aromatic carbocycles. The number of hydrogen-bond donors (Lipinski definition) is 3. The first-order chi connectivity index (χ1) is 16.4. The van der Waals surface area contributed by atoms with Crippen LogP contribution in [-0.4, -0.2) is 38.3 Å². The summed E-state index contributed by atoms with van der Waals surface area (Å²) in [7, 11) is -3.77. The van der Waals surface area contributed by atoms with Crippen LogP contribution < -0.4 is 10.6 Å². The Morgan fingerprint density at radius 3 is 2.44 bits per heavy atom. The number of benzene rings is 2. The number of fused-ring (bicyclic) bond motifs is 1. The van der Waals surface area contributed by atoms with Crippen LogP contribution in [0.2, 0.25) is 0 Å². The van der Waals surface area contributed by atoms with Gasteiger partial charge >= 0.3 is 11.8 Å². The molecule has 0 spiro atoms. The highest BCUT2D eigenvalue weighted by molar-refractivity contribution is 7.91. The summed E-state index contributed by atoms with van der Waals surface area (Å²) < 4.78 is 26.6. The largest absolute Gasteiger partial charge is 0.361 e. The molecular weight excluding hydrogens is 470 g/mol. The highest BCUT2D eigenvalue weighted by Crippen LogP contribution is 2.31. The molecular formula is C25H25N3O4S2. The van der Waals surface area contributed by atoms with Gasteiger partial charge in [0.25, 0.3) is 0 Å². The van der Waals surface area contributed by atoms with E-state index in [2.05, 4.69) is 15.6 Å². The van der Waals surface area contributed by atoms with Gasteiger partial charge in [-0.3, -0.25) is 9.59 Å². The van der Waals surface area contributed by atoms with Crippen molar-refractivity contribution in [2.24, 2.45) is 0 Å². The molecule has 9 heteroatoms. The first-order valence-corrected chi connectivity index (χ1v) is 13.2. The molecule has 0 aliphatic heterocycles. The number of H-pyrrole nitrogens is 1. The SMILES string of the molecule is Cc1ccc(S(=O)(=O)[C@@H](CNC(=O)C(=O)NCCc2c[nH]c3ccccc23)c2cccs2)cc1. The van der Waals surface area contributed by atoms with E-state index in [0.29, 0.717) is 11.3 Å². The lowest BCUT2D eigenvalue weighted by atomic mass is 10.1. The number of carbonyl (C=O) groups is 2. The van der Waals surface area contributed by atoms with E-state index < -0.39 is 26.9 Å². The van der Waals surface area contributed by atoms with E-state index in [9.17, 15) is 18.0 Å². The third-order valence-electron chi connectivity index (χ3n) is 5.59. The minimum atomic E-state index is -3.77. The monoisotopic (exact) mass is 495 g/mol. The normalized spacial score (nSPS) is 12.4. The van der Waals surface area contributed by atoms with Crippen molar-refractivity contribution in [1.29, 1.82) is 0 Å². The molecule has 2 amide bonds. The number of hydrogen-bond acceptors (Lipinski definition) is 5. The minimum Gasteiger partial charge on any atom is -0.361 e. The lowest BCUT2D eigenvalue weighted by Gasteiger charge is -2.17. The van der Waals surface area contributed by atoms with Crippen LogP contribution in [0.15, 0.2) is 77.1 Å². The second kappa shape index (κ2) is 10.2. The molecule has 0 radical (unpaired) electrons. The van der Waals surface area contributed by atoms with Crippen LogP contribution >= 0.6 is 11.3 Å². The number of para-hydroxylation sites is 1. The summed E-state index contributed by atoms with van der Waals surface area (Å²) in [6.07, 6.45) is 2.45. The molecule has 1 atom stereocenters. The molecule has 0 unspecified atom stereocenters. The van der Waals surface area contributed by atoms with Crippen molar-refractivity contribution >= 4 is 43.9 Å². The summed E-state index contributed by atoms with van der Waals surface area (Å²) in [5.74, 6) is -1.66. The molecule has 4 rings (SSSR count). The van der Waals surface area contributed by atoms with Gasteiger partial charge in [-0.25, -0.2) is 8.42 Å². The number of rotatable bonds is 8. The van der Waals surface area contributed by atoms with E-state index in [0.717, 1.165) is 22.0 Å². The van der Waals surface area contributed by atoms with E-state index in [1.165, 1.54) is 11.3 Å². The van der Waals surface area contributed by atoms with Gasteiger partial charge in [0.05, 0.1) is 4.90 Å². The van der Waals surface area contributed by atoms with Gasteiger partial charge < -0.3 is 15.6 Å². The van der Waals surface area contributed by atoms with Crippen molar-refractivity contribution in [3.8, 4) is 0 Å². The smallest absolute Gasteiger partial charge is 0.309 e. The number of nitrogens with one attached hydrogen (secondary N) is 3. The third kappa shape index (κ3) is 5.21. The Labute approximate surface area is 202 Å². The Balaban J connectivity index is 1.37. The summed E-state index contributed by atoms with van der Waals surface area (Å²) in [5, 5.41) is 6.98. The first-order valence-electron chi connectivity index (χ1n) is 10.8. The van der Waals surface area contributed by atoms with Crippen molar-refractivity contribution < 1.29 is 18.0 Å². The fraction of sp³-hybridized carbons (Fsp3) is 0.200. The molecule has 0 saturated carbocycles. The van der Waals surface area contributed by atoms with E-state index >= 15 is 0 Å². The summed E-state index contributed by atoms with van der Waals surface area (Å²) in [6.45, 7) is 1.96. The third-order valence-corrected chi connectivity index (χ3v) is 8.83. The number of carbonyl (C=O) groups excluding carboxylic acids is 2. The zero-order chi connectivity index (χ0) is 24.1. The Morgan fingerprint density at radius 2 is 1.71 bits per heavy atom. The average molecular weight is 496 g/mol. The summed E-state index contributed by atoms with van der Waals surface area (Å²) in [5.41, 5.74) is 3.00. The van der Waals surface area contributed by atoms with Crippen LogP contribution in [0.3, 0.4) is 0 Å². The summed E-state index contributed by atoms with van der Waals surface area (Å²) in [6, 6.07) is 17.9. The lowest BCUT2D eigenvalue weighted by molar-refractivity contribution is -0.139. The van der Waals surface area contributed by atoms with Crippen LogP contribution in [0.5, 0.6) is 0 Å². The number of thiophene rings is 1. The molecule has 0 aliphatic carbocycles. The molecule has 3 N–H and O–H groups in total. The molecule has 7 nitrogen and oxygen atoms in total. The van der Waals surface area contributed by atoms with E-state index in [-0.39, 0.29) is 18.0 Å². The maximum atomic E-state index is 13.3. The molecule has 4 aromatic rings. The number of aromatic amines is 1. The highest BCUT2D eigenvalue weighted by Gasteiger charge is 2.31. The second-order valence-corrected chi connectivity index (χ2v) is 11.0. The molecule has 0 bridgehead atoms. The van der Waals surface area contributed by atoms with E-state index in [4.69, 9.17) is 0 Å². The second-order valence-electron chi connectivity index (χ2n) is 7.94. The Hall–Kier alpha value is -3.43. The van der Waals surface area contributed by atoms with Gasteiger partial charge in [0.15, 0.2) is 9.84 Å². The zero-order valence-electron chi connectivity index (χ0n) is 18.6. The molecule has 0 saturated heterocycles. The van der Waals surface area contributed by atoms with Crippen LogP contribution in [0.25, 0.3) is 10.9 Å². The number of amides is 2. The predicted molar refractivity (Wildman–Crippen MR) is 133 cm³/mol. The number of aryl methyl sites for hydroxylation is 1. The van der Waals surface area contributed by atoms with Gasteiger partial charge in [-0.15, -0.1) is 11.3 Å². The maximum Gasteiger partial charge on any atom is 0.309 e. The Bertz CT molecular complexity index is 1390. The van der Waals surface area contributed by atoms with Crippen LogP contribution in [0.1, 0.15) is 21.3 Å². The molecule has 2 aromatic heterocycles. The van der Waals surface area contributed by atoms with Gasteiger partial charge in [-0.2, -0.15) is 0 Å². The van der Waals surface area contributed by atoms with Crippen LogP contribution in [0.4, 0.5) is 0 Å². The average Bonchev–Trinajstić information content (AvgIpc) is 3.50. The van der Waals surface area contributed by atoms with Gasteiger partial charge in [0.1, 0.15) is 5.25 Å². The number of aromatic nitrogens is 1. The molecule has 2 heterocycles. The van der Waals surface area contributed by atoms with Crippen LogP contribution in [-0.2, 0) is 25.8 Å². The molecule has 34 heavy (non-hydrogen) atoms. The standard InChI is InChI=1S/C25H25N3O4S2/c1-17-8-10-19(11-9-17)34(31,32)23(22-7-4-14-33-22)16-28-25(30)24(29)26-13-12-18-15-27-21-6-3-2-5-20(18)21/h2-11,14-15,23,27H,12-13,16H2,1H3,(H,26,29)(H,28,30)/t23-/m0/s1. The predicted octanol–water partition coefficient (Wildman–Crippen LogP) is 3.53. The highest BCUT2D eigenvalue weighted by atomic mass is 32.2. The summed E-state index contributed by atoms with van der Waals surface area (Å²) in [4.78, 5) is 28.7. The first kappa shape index (κ1) is 23.7. The Kier molecular flexibility index (Phi) is 7.14. The van der Waals surface area contributed by atoms with Crippen molar-refractivity contribution in [1.82, 2.24) is 15.6 Å². The maximum absolute atomic E-state index is 13.3. The number of sulfone groups is 1. The van der Waals surface area contributed by atoms with Crippen molar-refractivity contribution in [3.63, 3.8) is 0 Å². The molecule has 0 fully saturated rings. The molecule has 176 valence electrons. The van der Waals surface area contributed by atoms with Crippen molar-refractivity contribution in [2.75, 3.05) is 13.1 Å². The van der Waals surface area contributed by atoms with Crippen LogP contribution in [0, 0.1) is 6.92 Å². The lowest BCUT2D eigenvalue weighted by Crippen LogP contribution is -2.42.